The average Bonchev–Trinajstić information content (AvgIpc) is 2.88. The van der Waals surface area contributed by atoms with Crippen LogP contribution in [0.3, 0.4) is 0 Å². The minimum atomic E-state index is -0.108. The first-order valence-corrected chi connectivity index (χ1v) is 6.72. The third kappa shape index (κ3) is 3.86. The number of nitrogens with zero attached hydrogens (tertiary/aromatic N) is 1. The lowest BCUT2D eigenvalue weighted by Crippen LogP contribution is -2.39. The van der Waals surface area contributed by atoms with Gasteiger partial charge < -0.3 is 20.7 Å². The Bertz CT molecular complexity index is 430. The molecule has 1 heterocycles. The number of nitrogen functional groups attached to an aromatic ring is 1. The Morgan fingerprint density at radius 2 is 2.42 bits per heavy atom. The zero-order valence-electron chi connectivity index (χ0n) is 11.3. The lowest BCUT2D eigenvalue weighted by molar-refractivity contribution is 0.0849. The van der Waals surface area contributed by atoms with Gasteiger partial charge in [-0.3, -0.25) is 0 Å². The van der Waals surface area contributed by atoms with Crippen LogP contribution in [0, 0.1) is 0 Å². The van der Waals surface area contributed by atoms with Crippen LogP contribution in [-0.4, -0.2) is 36.7 Å². The van der Waals surface area contributed by atoms with Crippen molar-refractivity contribution in [1.82, 2.24) is 4.90 Å². The maximum absolute atomic E-state index is 12.2. The van der Waals surface area contributed by atoms with Crippen molar-refractivity contribution >= 4 is 17.4 Å². The highest BCUT2D eigenvalue weighted by Gasteiger charge is 2.21. The standard InChI is InChI=1S/C14H21N3O2/c1-2-17(10-13-7-4-8-19-13)14(18)16-12-6-3-5-11(15)9-12/h3,5-6,9,13H,2,4,7-8,10,15H2,1H3,(H,16,18). The molecule has 0 bridgehead atoms. The van der Waals surface area contributed by atoms with E-state index in [9.17, 15) is 4.79 Å². The van der Waals surface area contributed by atoms with Gasteiger partial charge in [0, 0.05) is 31.1 Å². The van der Waals surface area contributed by atoms with Gasteiger partial charge >= 0.3 is 6.03 Å². The molecule has 1 aliphatic heterocycles. The van der Waals surface area contributed by atoms with E-state index in [0.717, 1.165) is 25.1 Å². The van der Waals surface area contributed by atoms with Gasteiger partial charge in [0.15, 0.2) is 0 Å². The maximum Gasteiger partial charge on any atom is 0.321 e. The number of likely N-dealkylation sites (N-methyl/N-ethyl adjacent to an activating group) is 1. The van der Waals surface area contributed by atoms with Crippen LogP contribution in [-0.2, 0) is 4.74 Å². The molecular formula is C14H21N3O2. The minimum Gasteiger partial charge on any atom is -0.399 e. The molecule has 0 saturated carbocycles. The van der Waals surface area contributed by atoms with Crippen LogP contribution in [0.15, 0.2) is 24.3 Å². The van der Waals surface area contributed by atoms with E-state index in [1.807, 2.05) is 19.1 Å². The van der Waals surface area contributed by atoms with Crippen LogP contribution in [0.2, 0.25) is 0 Å². The lowest BCUT2D eigenvalue weighted by Gasteiger charge is -2.24. The van der Waals surface area contributed by atoms with Crippen LogP contribution in [0.1, 0.15) is 19.8 Å². The highest BCUT2D eigenvalue weighted by Crippen LogP contribution is 2.15. The van der Waals surface area contributed by atoms with Crippen molar-refractivity contribution < 1.29 is 9.53 Å². The second kappa shape index (κ2) is 6.43. The number of hydrogen-bond acceptors (Lipinski definition) is 3. The van der Waals surface area contributed by atoms with E-state index in [0.29, 0.717) is 18.8 Å². The molecule has 2 rings (SSSR count). The summed E-state index contributed by atoms with van der Waals surface area (Å²) in [7, 11) is 0. The van der Waals surface area contributed by atoms with Gasteiger partial charge in [-0.2, -0.15) is 0 Å². The van der Waals surface area contributed by atoms with Crippen LogP contribution < -0.4 is 11.1 Å². The zero-order chi connectivity index (χ0) is 13.7. The summed E-state index contributed by atoms with van der Waals surface area (Å²) < 4.78 is 5.56. The van der Waals surface area contributed by atoms with Gasteiger partial charge in [-0.1, -0.05) is 6.07 Å². The Labute approximate surface area is 113 Å². The molecule has 5 heteroatoms. The van der Waals surface area contributed by atoms with E-state index in [-0.39, 0.29) is 12.1 Å². The van der Waals surface area contributed by atoms with Gasteiger partial charge in [-0.25, -0.2) is 4.79 Å². The largest absolute Gasteiger partial charge is 0.399 e. The Hall–Kier alpha value is -1.75. The molecule has 1 unspecified atom stereocenters. The molecule has 1 aromatic carbocycles. The van der Waals surface area contributed by atoms with Crippen molar-refractivity contribution in [2.24, 2.45) is 0 Å². The minimum absolute atomic E-state index is 0.108. The van der Waals surface area contributed by atoms with Crippen LogP contribution >= 0.6 is 0 Å². The highest BCUT2D eigenvalue weighted by atomic mass is 16.5. The topological polar surface area (TPSA) is 67.6 Å². The molecule has 19 heavy (non-hydrogen) atoms. The Balaban J connectivity index is 1.92. The van der Waals surface area contributed by atoms with Crippen molar-refractivity contribution in [2.45, 2.75) is 25.9 Å². The van der Waals surface area contributed by atoms with Crippen LogP contribution in [0.5, 0.6) is 0 Å². The van der Waals surface area contributed by atoms with Gasteiger partial charge in [-0.15, -0.1) is 0 Å². The SMILES string of the molecule is CCN(CC1CCCO1)C(=O)Nc1cccc(N)c1. The fourth-order valence-electron chi connectivity index (χ4n) is 2.21. The fourth-order valence-corrected chi connectivity index (χ4v) is 2.21. The number of rotatable bonds is 4. The molecule has 0 aliphatic carbocycles. The molecule has 1 saturated heterocycles. The van der Waals surface area contributed by atoms with Crippen LogP contribution in [0.25, 0.3) is 0 Å². The molecule has 0 radical (unpaired) electrons. The number of ether oxygens (including phenoxy) is 1. The average molecular weight is 263 g/mol. The van der Waals surface area contributed by atoms with Gasteiger partial charge in [0.25, 0.3) is 0 Å². The summed E-state index contributed by atoms with van der Waals surface area (Å²) >= 11 is 0. The first kappa shape index (κ1) is 13.7. The number of nitrogens with two attached hydrogens (primary N) is 1. The van der Waals surface area contributed by atoms with E-state index < -0.39 is 0 Å². The highest BCUT2D eigenvalue weighted by molar-refractivity contribution is 5.89. The van der Waals surface area contributed by atoms with E-state index in [2.05, 4.69) is 5.32 Å². The number of anilines is 2. The van der Waals surface area contributed by atoms with Gasteiger partial charge in [0.1, 0.15) is 0 Å². The van der Waals surface area contributed by atoms with Crippen molar-refractivity contribution in [3.63, 3.8) is 0 Å². The number of benzene rings is 1. The molecule has 2 amide bonds. The smallest absolute Gasteiger partial charge is 0.321 e. The molecule has 0 aromatic heterocycles. The Morgan fingerprint density at radius 3 is 3.05 bits per heavy atom. The summed E-state index contributed by atoms with van der Waals surface area (Å²) in [5.41, 5.74) is 7.05. The molecular weight excluding hydrogens is 242 g/mol. The van der Waals surface area contributed by atoms with E-state index >= 15 is 0 Å². The number of carbonyl (C=O) groups is 1. The summed E-state index contributed by atoms with van der Waals surface area (Å²) in [4.78, 5) is 13.9. The molecule has 5 nitrogen and oxygen atoms in total. The van der Waals surface area contributed by atoms with E-state index in [1.165, 1.54) is 0 Å². The monoisotopic (exact) mass is 263 g/mol. The normalized spacial score (nSPS) is 18.3. The summed E-state index contributed by atoms with van der Waals surface area (Å²) in [5.74, 6) is 0. The van der Waals surface area contributed by atoms with E-state index in [1.54, 1.807) is 17.0 Å². The number of urea groups is 1. The molecule has 3 N–H and O–H groups in total. The number of hydrogen-bond donors (Lipinski definition) is 2. The first-order valence-electron chi connectivity index (χ1n) is 6.72. The molecule has 1 aliphatic rings. The third-order valence-corrected chi connectivity index (χ3v) is 3.25. The van der Waals surface area contributed by atoms with Crippen molar-refractivity contribution in [3.8, 4) is 0 Å². The van der Waals surface area contributed by atoms with Gasteiger partial charge in [0.2, 0.25) is 0 Å². The van der Waals surface area contributed by atoms with Gasteiger partial charge in [-0.05, 0) is 38.0 Å². The quantitative estimate of drug-likeness (QED) is 0.819. The zero-order valence-corrected chi connectivity index (χ0v) is 11.3. The summed E-state index contributed by atoms with van der Waals surface area (Å²) in [6.45, 7) is 4.08. The number of nitrogens with one attached hydrogen (secondary N) is 1. The molecule has 1 atom stereocenters. The second-order valence-electron chi connectivity index (χ2n) is 4.73. The first-order chi connectivity index (χ1) is 9.19. The van der Waals surface area contributed by atoms with Gasteiger partial charge in [0.05, 0.1) is 6.10 Å². The Kier molecular flexibility index (Phi) is 4.63. The summed E-state index contributed by atoms with van der Waals surface area (Å²) in [6.07, 6.45) is 2.28. The molecule has 104 valence electrons. The predicted octanol–water partition coefficient (Wildman–Crippen LogP) is 2.30. The van der Waals surface area contributed by atoms with Crippen molar-refractivity contribution in [3.05, 3.63) is 24.3 Å². The lowest BCUT2D eigenvalue weighted by atomic mass is 10.2. The van der Waals surface area contributed by atoms with Crippen LogP contribution in [0.4, 0.5) is 16.2 Å². The van der Waals surface area contributed by atoms with E-state index in [4.69, 9.17) is 10.5 Å². The Morgan fingerprint density at radius 1 is 1.58 bits per heavy atom. The van der Waals surface area contributed by atoms with Crippen molar-refractivity contribution in [2.75, 3.05) is 30.7 Å². The van der Waals surface area contributed by atoms with Crippen molar-refractivity contribution in [1.29, 1.82) is 0 Å². The predicted molar refractivity (Wildman–Crippen MR) is 76.1 cm³/mol. The second-order valence-corrected chi connectivity index (χ2v) is 4.73. The molecule has 1 aromatic rings. The summed E-state index contributed by atoms with van der Waals surface area (Å²) in [6, 6.07) is 7.08. The third-order valence-electron chi connectivity index (χ3n) is 3.25. The molecule has 1 fully saturated rings. The fraction of sp³-hybridized carbons (Fsp3) is 0.500. The maximum atomic E-state index is 12.2. The number of carbonyl (C=O) groups excluding carboxylic acids is 1. The number of amides is 2. The summed E-state index contributed by atoms with van der Waals surface area (Å²) in [5, 5.41) is 2.86. The molecule has 0 spiro atoms.